The van der Waals surface area contributed by atoms with Gasteiger partial charge in [0.05, 0.1) is 12.7 Å². The number of carbonyl (C=O) groups excluding carboxylic acids is 1. The molecule has 4 rings (SSSR count). The van der Waals surface area contributed by atoms with Gasteiger partial charge in [-0.25, -0.2) is 4.79 Å². The molecular formula is C23H20O2. The molecule has 0 saturated heterocycles. The van der Waals surface area contributed by atoms with Crippen molar-refractivity contribution in [3.8, 4) is 0 Å². The minimum Gasteiger partial charge on any atom is -0.465 e. The van der Waals surface area contributed by atoms with Crippen LogP contribution in [0.1, 0.15) is 39.9 Å². The Hall–Kier alpha value is -2.87. The zero-order valence-electron chi connectivity index (χ0n) is 14.5. The van der Waals surface area contributed by atoms with Gasteiger partial charge in [-0.1, -0.05) is 73.2 Å². The lowest BCUT2D eigenvalue weighted by Gasteiger charge is -2.11. The fourth-order valence-corrected chi connectivity index (χ4v) is 3.86. The summed E-state index contributed by atoms with van der Waals surface area (Å²) in [6.45, 7) is 2.25. The van der Waals surface area contributed by atoms with Crippen LogP contribution >= 0.6 is 0 Å². The first kappa shape index (κ1) is 15.6. The van der Waals surface area contributed by atoms with Gasteiger partial charge in [0.25, 0.3) is 0 Å². The summed E-state index contributed by atoms with van der Waals surface area (Å²) < 4.78 is 4.92. The second kappa shape index (κ2) is 6.21. The highest BCUT2D eigenvalue weighted by Gasteiger charge is 2.25. The summed E-state index contributed by atoms with van der Waals surface area (Å²) in [5.41, 5.74) is 5.68. The van der Waals surface area contributed by atoms with Crippen LogP contribution in [0.2, 0.25) is 0 Å². The van der Waals surface area contributed by atoms with Gasteiger partial charge in [-0.15, -0.1) is 0 Å². The molecule has 1 aliphatic carbocycles. The second-order valence-corrected chi connectivity index (χ2v) is 6.56. The molecule has 0 aromatic heterocycles. The molecule has 1 aliphatic rings. The molecule has 25 heavy (non-hydrogen) atoms. The summed E-state index contributed by atoms with van der Waals surface area (Å²) in [7, 11) is 1.42. The highest BCUT2D eigenvalue weighted by molar-refractivity contribution is 5.94. The van der Waals surface area contributed by atoms with Crippen LogP contribution in [0.25, 0.3) is 16.8 Å². The molecule has 1 atom stereocenters. The van der Waals surface area contributed by atoms with E-state index in [9.17, 15) is 4.79 Å². The number of hydrogen-bond acceptors (Lipinski definition) is 2. The highest BCUT2D eigenvalue weighted by Crippen LogP contribution is 2.42. The molecule has 0 bridgehead atoms. The predicted octanol–water partition coefficient (Wildman–Crippen LogP) is 5.37. The van der Waals surface area contributed by atoms with E-state index < -0.39 is 0 Å². The van der Waals surface area contributed by atoms with E-state index in [2.05, 4.69) is 49.4 Å². The standard InChI is InChI=1S/C23H20O2/c1-15-19(13-17-8-4-6-10-21(17)23(24)25-2)14-18-12-11-16-7-3-5-9-20(16)22(15)18/h3-13,15H,14H2,1-2H3/b19-13+. The Morgan fingerprint density at radius 2 is 1.80 bits per heavy atom. The molecule has 0 aliphatic heterocycles. The molecule has 0 heterocycles. The van der Waals surface area contributed by atoms with Crippen molar-refractivity contribution < 1.29 is 9.53 Å². The zero-order chi connectivity index (χ0) is 17.4. The van der Waals surface area contributed by atoms with Gasteiger partial charge in [0, 0.05) is 5.92 Å². The summed E-state index contributed by atoms with van der Waals surface area (Å²) in [4.78, 5) is 12.0. The lowest BCUT2D eigenvalue weighted by molar-refractivity contribution is 0.0600. The molecule has 0 spiro atoms. The van der Waals surface area contributed by atoms with Crippen molar-refractivity contribution in [3.05, 3.63) is 88.5 Å². The van der Waals surface area contributed by atoms with Crippen LogP contribution in [0.4, 0.5) is 0 Å². The quantitative estimate of drug-likeness (QED) is 0.591. The van der Waals surface area contributed by atoms with E-state index in [-0.39, 0.29) is 5.97 Å². The van der Waals surface area contributed by atoms with Crippen molar-refractivity contribution in [2.75, 3.05) is 7.11 Å². The van der Waals surface area contributed by atoms with E-state index in [1.807, 2.05) is 24.3 Å². The van der Waals surface area contributed by atoms with Crippen molar-refractivity contribution in [2.45, 2.75) is 19.3 Å². The lowest BCUT2D eigenvalue weighted by Crippen LogP contribution is -2.03. The summed E-state index contributed by atoms with van der Waals surface area (Å²) in [6.07, 6.45) is 3.09. The molecule has 1 unspecified atom stereocenters. The third kappa shape index (κ3) is 2.64. The molecule has 0 radical (unpaired) electrons. The maximum absolute atomic E-state index is 12.0. The molecule has 2 heteroatoms. The van der Waals surface area contributed by atoms with Gasteiger partial charge in [-0.05, 0) is 39.9 Å². The van der Waals surface area contributed by atoms with Gasteiger partial charge in [0.1, 0.15) is 0 Å². The smallest absolute Gasteiger partial charge is 0.338 e. The first-order valence-corrected chi connectivity index (χ1v) is 8.57. The number of fused-ring (bicyclic) bond motifs is 3. The maximum atomic E-state index is 12.0. The fraction of sp³-hybridized carbons (Fsp3) is 0.174. The Morgan fingerprint density at radius 3 is 2.64 bits per heavy atom. The largest absolute Gasteiger partial charge is 0.465 e. The average molecular weight is 328 g/mol. The van der Waals surface area contributed by atoms with Crippen molar-refractivity contribution in [1.82, 2.24) is 0 Å². The Bertz CT molecular complexity index is 998. The fourth-order valence-electron chi connectivity index (χ4n) is 3.86. The van der Waals surface area contributed by atoms with Gasteiger partial charge in [-0.2, -0.15) is 0 Å². The van der Waals surface area contributed by atoms with Gasteiger partial charge >= 0.3 is 5.97 Å². The van der Waals surface area contributed by atoms with Crippen molar-refractivity contribution in [3.63, 3.8) is 0 Å². The topological polar surface area (TPSA) is 26.3 Å². The van der Waals surface area contributed by atoms with E-state index in [1.165, 1.54) is 34.6 Å². The second-order valence-electron chi connectivity index (χ2n) is 6.56. The lowest BCUT2D eigenvalue weighted by atomic mass is 9.93. The van der Waals surface area contributed by atoms with Crippen LogP contribution in [0.5, 0.6) is 0 Å². The van der Waals surface area contributed by atoms with Crippen LogP contribution in [0.3, 0.4) is 0 Å². The van der Waals surface area contributed by atoms with E-state index in [0.717, 1.165) is 12.0 Å². The summed E-state index contributed by atoms with van der Waals surface area (Å²) in [6, 6.07) is 20.6. The molecule has 0 saturated carbocycles. The van der Waals surface area contributed by atoms with Crippen LogP contribution in [-0.2, 0) is 11.2 Å². The van der Waals surface area contributed by atoms with Crippen LogP contribution < -0.4 is 0 Å². The SMILES string of the molecule is COC(=O)c1ccccc1/C=C1\Cc2ccc3ccccc3c2C1C. The van der Waals surface area contributed by atoms with Crippen molar-refractivity contribution in [1.29, 1.82) is 0 Å². The number of esters is 1. The molecule has 3 aromatic carbocycles. The average Bonchev–Trinajstić information content (AvgIpc) is 2.97. The molecule has 0 amide bonds. The molecule has 124 valence electrons. The van der Waals surface area contributed by atoms with Gasteiger partial charge in [0.15, 0.2) is 0 Å². The third-order valence-corrected chi connectivity index (χ3v) is 5.15. The Kier molecular flexibility index (Phi) is 3.89. The van der Waals surface area contributed by atoms with Gasteiger partial charge in [-0.3, -0.25) is 0 Å². The molecule has 3 aromatic rings. The van der Waals surface area contributed by atoms with E-state index in [0.29, 0.717) is 11.5 Å². The normalized spacial score (nSPS) is 17.7. The summed E-state index contributed by atoms with van der Waals surface area (Å²) in [5.74, 6) is 0.0490. The minimum atomic E-state index is -0.291. The highest BCUT2D eigenvalue weighted by atomic mass is 16.5. The number of ether oxygens (including phenoxy) is 1. The number of carbonyl (C=O) groups is 1. The first-order valence-electron chi connectivity index (χ1n) is 8.57. The number of hydrogen-bond donors (Lipinski definition) is 0. The predicted molar refractivity (Wildman–Crippen MR) is 102 cm³/mol. The monoisotopic (exact) mass is 328 g/mol. The zero-order valence-corrected chi connectivity index (χ0v) is 14.5. The molecule has 0 fully saturated rings. The van der Waals surface area contributed by atoms with E-state index in [4.69, 9.17) is 4.74 Å². The van der Waals surface area contributed by atoms with Crippen molar-refractivity contribution in [2.24, 2.45) is 0 Å². The Balaban J connectivity index is 1.80. The molecular weight excluding hydrogens is 308 g/mol. The Labute approximate surface area is 147 Å². The van der Waals surface area contributed by atoms with Gasteiger partial charge < -0.3 is 4.74 Å². The van der Waals surface area contributed by atoms with E-state index in [1.54, 1.807) is 0 Å². The maximum Gasteiger partial charge on any atom is 0.338 e. The van der Waals surface area contributed by atoms with Crippen LogP contribution in [0.15, 0.2) is 66.2 Å². The minimum absolute atomic E-state index is 0.291. The first-order chi connectivity index (χ1) is 12.2. The third-order valence-electron chi connectivity index (χ3n) is 5.15. The molecule has 2 nitrogen and oxygen atoms in total. The van der Waals surface area contributed by atoms with Crippen LogP contribution in [-0.4, -0.2) is 13.1 Å². The molecule has 0 N–H and O–H groups in total. The number of methoxy groups -OCH3 is 1. The summed E-state index contributed by atoms with van der Waals surface area (Å²) in [5, 5.41) is 2.61. The summed E-state index contributed by atoms with van der Waals surface area (Å²) >= 11 is 0. The Morgan fingerprint density at radius 1 is 1.04 bits per heavy atom. The van der Waals surface area contributed by atoms with Crippen molar-refractivity contribution >= 4 is 22.8 Å². The van der Waals surface area contributed by atoms with Crippen LogP contribution in [0, 0.1) is 0 Å². The number of allylic oxidation sites excluding steroid dienone is 1. The number of rotatable bonds is 2. The van der Waals surface area contributed by atoms with Gasteiger partial charge in [0.2, 0.25) is 0 Å². The number of benzene rings is 3. The van der Waals surface area contributed by atoms with E-state index >= 15 is 0 Å².